The summed E-state index contributed by atoms with van der Waals surface area (Å²) in [5.74, 6) is 1.55. The monoisotopic (exact) mass is 258 g/mol. The number of hydrogen-bond acceptors (Lipinski definition) is 4. The normalized spacial score (nSPS) is 10.5. The van der Waals surface area contributed by atoms with Crippen molar-refractivity contribution in [1.29, 1.82) is 0 Å². The standard InChI is InChI=1S/C15H18N2O2/c1-11-5-6-14(19-2)12(10-11)13-7-8-16-15(17-13)4-3-9-18/h5-8,10,18H,3-4,9H2,1-2H3. The van der Waals surface area contributed by atoms with Crippen molar-refractivity contribution >= 4 is 0 Å². The van der Waals surface area contributed by atoms with Crippen molar-refractivity contribution in [2.75, 3.05) is 13.7 Å². The molecule has 1 heterocycles. The highest BCUT2D eigenvalue weighted by atomic mass is 16.5. The maximum atomic E-state index is 8.86. The van der Waals surface area contributed by atoms with E-state index in [2.05, 4.69) is 16.0 Å². The summed E-state index contributed by atoms with van der Waals surface area (Å²) in [4.78, 5) is 8.75. The maximum absolute atomic E-state index is 8.86. The predicted octanol–water partition coefficient (Wildman–Crippen LogP) is 2.39. The lowest BCUT2D eigenvalue weighted by Crippen LogP contribution is -1.99. The number of rotatable bonds is 5. The number of ether oxygens (including phenoxy) is 1. The second-order valence-corrected chi connectivity index (χ2v) is 4.39. The van der Waals surface area contributed by atoms with Crippen LogP contribution in [0.4, 0.5) is 0 Å². The highest BCUT2D eigenvalue weighted by Crippen LogP contribution is 2.29. The molecule has 0 aliphatic heterocycles. The Morgan fingerprint density at radius 1 is 1.26 bits per heavy atom. The molecule has 0 aliphatic rings. The molecule has 2 rings (SSSR count). The summed E-state index contributed by atoms with van der Waals surface area (Å²) < 4.78 is 5.38. The van der Waals surface area contributed by atoms with Gasteiger partial charge in [0.15, 0.2) is 0 Å². The lowest BCUT2D eigenvalue weighted by Gasteiger charge is -2.09. The van der Waals surface area contributed by atoms with Gasteiger partial charge < -0.3 is 9.84 Å². The van der Waals surface area contributed by atoms with Crippen LogP contribution in [0.25, 0.3) is 11.3 Å². The number of aliphatic hydroxyl groups is 1. The molecule has 1 N–H and O–H groups in total. The van der Waals surface area contributed by atoms with Crippen LogP contribution >= 0.6 is 0 Å². The van der Waals surface area contributed by atoms with Crippen LogP contribution in [0.2, 0.25) is 0 Å². The molecule has 0 aliphatic carbocycles. The van der Waals surface area contributed by atoms with Gasteiger partial charge in [0.2, 0.25) is 0 Å². The highest BCUT2D eigenvalue weighted by Gasteiger charge is 2.08. The first-order valence-electron chi connectivity index (χ1n) is 6.32. The van der Waals surface area contributed by atoms with Crippen LogP contribution in [0, 0.1) is 6.92 Å². The molecule has 0 radical (unpaired) electrons. The molecule has 4 nitrogen and oxygen atoms in total. The summed E-state index contributed by atoms with van der Waals surface area (Å²) >= 11 is 0. The fourth-order valence-corrected chi connectivity index (χ4v) is 1.93. The first-order chi connectivity index (χ1) is 9.24. The number of methoxy groups -OCH3 is 1. The molecule has 0 spiro atoms. The second kappa shape index (κ2) is 6.29. The van der Waals surface area contributed by atoms with E-state index < -0.39 is 0 Å². The second-order valence-electron chi connectivity index (χ2n) is 4.39. The van der Waals surface area contributed by atoms with E-state index in [-0.39, 0.29) is 6.61 Å². The van der Waals surface area contributed by atoms with E-state index in [1.807, 2.05) is 25.1 Å². The van der Waals surface area contributed by atoms with Crippen molar-refractivity contribution in [3.63, 3.8) is 0 Å². The van der Waals surface area contributed by atoms with Crippen molar-refractivity contribution in [1.82, 2.24) is 9.97 Å². The van der Waals surface area contributed by atoms with Gasteiger partial charge in [0.25, 0.3) is 0 Å². The third-order valence-corrected chi connectivity index (χ3v) is 2.89. The molecule has 0 saturated carbocycles. The lowest BCUT2D eigenvalue weighted by atomic mass is 10.1. The van der Waals surface area contributed by atoms with Gasteiger partial charge in [-0.3, -0.25) is 0 Å². The molecule has 0 fully saturated rings. The number of aliphatic hydroxyl groups excluding tert-OH is 1. The van der Waals surface area contributed by atoms with Gasteiger partial charge in [0.05, 0.1) is 12.8 Å². The summed E-state index contributed by atoms with van der Waals surface area (Å²) in [7, 11) is 1.65. The minimum Gasteiger partial charge on any atom is -0.496 e. The van der Waals surface area contributed by atoms with Crippen molar-refractivity contribution in [2.45, 2.75) is 19.8 Å². The van der Waals surface area contributed by atoms with Gasteiger partial charge in [0.1, 0.15) is 11.6 Å². The van der Waals surface area contributed by atoms with Crippen LogP contribution in [0.5, 0.6) is 5.75 Å². The van der Waals surface area contributed by atoms with Crippen LogP contribution in [-0.4, -0.2) is 28.8 Å². The van der Waals surface area contributed by atoms with Crippen molar-refractivity contribution in [2.24, 2.45) is 0 Å². The first kappa shape index (κ1) is 13.5. The molecule has 1 aromatic carbocycles. The van der Waals surface area contributed by atoms with Crippen LogP contribution in [0.15, 0.2) is 30.5 Å². The van der Waals surface area contributed by atoms with Gasteiger partial charge in [-0.15, -0.1) is 0 Å². The zero-order valence-corrected chi connectivity index (χ0v) is 11.3. The number of aryl methyl sites for hydroxylation is 2. The fourth-order valence-electron chi connectivity index (χ4n) is 1.93. The van der Waals surface area contributed by atoms with Crippen LogP contribution in [-0.2, 0) is 6.42 Å². The minimum atomic E-state index is 0.154. The average molecular weight is 258 g/mol. The number of aromatic nitrogens is 2. The van der Waals surface area contributed by atoms with E-state index in [9.17, 15) is 0 Å². The molecule has 0 amide bonds. The van der Waals surface area contributed by atoms with Gasteiger partial charge >= 0.3 is 0 Å². The molecule has 0 saturated heterocycles. The van der Waals surface area contributed by atoms with E-state index in [1.54, 1.807) is 13.3 Å². The quantitative estimate of drug-likeness (QED) is 0.894. The summed E-state index contributed by atoms with van der Waals surface area (Å²) in [6.45, 7) is 2.19. The van der Waals surface area contributed by atoms with E-state index in [4.69, 9.17) is 9.84 Å². The Balaban J connectivity index is 2.38. The lowest BCUT2D eigenvalue weighted by molar-refractivity contribution is 0.287. The molecule has 1 aromatic heterocycles. The van der Waals surface area contributed by atoms with Crippen LogP contribution < -0.4 is 4.74 Å². The van der Waals surface area contributed by atoms with Gasteiger partial charge in [-0.2, -0.15) is 0 Å². The molecular weight excluding hydrogens is 240 g/mol. The molecule has 0 unspecified atom stereocenters. The minimum absolute atomic E-state index is 0.154. The summed E-state index contributed by atoms with van der Waals surface area (Å²) in [6, 6.07) is 7.88. The Kier molecular flexibility index (Phi) is 4.47. The maximum Gasteiger partial charge on any atom is 0.129 e. The van der Waals surface area contributed by atoms with Crippen LogP contribution in [0.3, 0.4) is 0 Å². The Bertz CT molecular complexity index is 556. The number of hydrogen-bond donors (Lipinski definition) is 1. The fraction of sp³-hybridized carbons (Fsp3) is 0.333. The van der Waals surface area contributed by atoms with E-state index in [0.29, 0.717) is 12.8 Å². The van der Waals surface area contributed by atoms with Gasteiger partial charge in [-0.25, -0.2) is 9.97 Å². The smallest absolute Gasteiger partial charge is 0.129 e. The molecule has 19 heavy (non-hydrogen) atoms. The Labute approximate surface area is 113 Å². The zero-order chi connectivity index (χ0) is 13.7. The predicted molar refractivity (Wildman–Crippen MR) is 74.2 cm³/mol. The van der Waals surface area contributed by atoms with Crippen LogP contribution in [0.1, 0.15) is 17.8 Å². The summed E-state index contributed by atoms with van der Waals surface area (Å²) in [5, 5.41) is 8.86. The van der Waals surface area contributed by atoms with E-state index in [1.165, 1.54) is 0 Å². The Hall–Kier alpha value is -1.94. The molecule has 0 bridgehead atoms. The van der Waals surface area contributed by atoms with Gasteiger partial charge in [-0.05, 0) is 31.5 Å². The molecule has 0 atom stereocenters. The average Bonchev–Trinajstić information content (AvgIpc) is 2.45. The van der Waals surface area contributed by atoms with E-state index >= 15 is 0 Å². The first-order valence-corrected chi connectivity index (χ1v) is 6.32. The molecule has 2 aromatic rings. The number of benzene rings is 1. The molecule has 4 heteroatoms. The van der Waals surface area contributed by atoms with Crippen molar-refractivity contribution in [3.8, 4) is 17.0 Å². The van der Waals surface area contributed by atoms with E-state index in [0.717, 1.165) is 28.4 Å². The molecular formula is C15H18N2O2. The third kappa shape index (κ3) is 3.29. The third-order valence-electron chi connectivity index (χ3n) is 2.89. The summed E-state index contributed by atoms with van der Waals surface area (Å²) in [6.07, 6.45) is 3.10. The molecule has 100 valence electrons. The topological polar surface area (TPSA) is 55.2 Å². The van der Waals surface area contributed by atoms with Crippen molar-refractivity contribution in [3.05, 3.63) is 41.9 Å². The largest absolute Gasteiger partial charge is 0.496 e. The highest BCUT2D eigenvalue weighted by molar-refractivity contribution is 5.67. The number of nitrogens with zero attached hydrogens (tertiary/aromatic N) is 2. The SMILES string of the molecule is COc1ccc(C)cc1-c1ccnc(CCCO)n1. The van der Waals surface area contributed by atoms with Crippen molar-refractivity contribution < 1.29 is 9.84 Å². The summed E-state index contributed by atoms with van der Waals surface area (Å²) in [5.41, 5.74) is 2.98. The van der Waals surface area contributed by atoms with Gasteiger partial charge in [0, 0.05) is 24.8 Å². The zero-order valence-electron chi connectivity index (χ0n) is 11.3. The van der Waals surface area contributed by atoms with Gasteiger partial charge in [-0.1, -0.05) is 11.6 Å². The Morgan fingerprint density at radius 3 is 2.84 bits per heavy atom. The Morgan fingerprint density at radius 2 is 2.11 bits per heavy atom.